The van der Waals surface area contributed by atoms with E-state index in [-0.39, 0.29) is 18.2 Å². The summed E-state index contributed by atoms with van der Waals surface area (Å²) in [5.41, 5.74) is 5.97. The van der Waals surface area contributed by atoms with Crippen molar-refractivity contribution in [3.8, 4) is 0 Å². The Morgan fingerprint density at radius 2 is 1.06 bits per heavy atom. The van der Waals surface area contributed by atoms with Gasteiger partial charge in [0, 0.05) is 5.56 Å². The fraction of sp³-hybridized carbons (Fsp3) is 0. The van der Waals surface area contributed by atoms with E-state index in [0.29, 0.717) is 0 Å². The monoisotopic (exact) mass is 234 g/mol. The highest BCUT2D eigenvalue weighted by Crippen LogP contribution is 1.94. The first-order chi connectivity index (χ1) is 7.30. The summed E-state index contributed by atoms with van der Waals surface area (Å²) in [5.74, 6) is 0.121. The minimum atomic E-state index is 0. The quantitative estimate of drug-likeness (QED) is 0.578. The van der Waals surface area contributed by atoms with Crippen molar-refractivity contribution in [3.63, 3.8) is 0 Å². The number of hydrogen-bond acceptors (Lipinski definition) is 1. The zero-order valence-corrected chi connectivity index (χ0v) is 9.65. The summed E-state index contributed by atoms with van der Waals surface area (Å²) < 4.78 is 0. The van der Waals surface area contributed by atoms with E-state index in [1.54, 1.807) is 0 Å². The molecule has 0 saturated heterocycles. The molecule has 2 nitrogen and oxygen atoms in total. The van der Waals surface area contributed by atoms with Crippen molar-refractivity contribution >= 4 is 18.2 Å². The highest BCUT2D eigenvalue weighted by Gasteiger charge is 1.89. The molecule has 84 valence electrons. The van der Waals surface area contributed by atoms with Crippen LogP contribution < -0.4 is 5.73 Å². The molecule has 0 radical (unpaired) electrons. The molecule has 0 heterocycles. The molecule has 3 heteroatoms. The molecular formula is C13H15ClN2. The van der Waals surface area contributed by atoms with Gasteiger partial charge in [0.15, 0.2) is 0 Å². The third-order valence-electron chi connectivity index (χ3n) is 1.75. The number of nitrogens with one attached hydrogen (secondary N) is 1. The van der Waals surface area contributed by atoms with Crippen LogP contribution in [-0.2, 0) is 0 Å². The zero-order chi connectivity index (χ0) is 10.9. The largest absolute Gasteiger partial charge is 0.384 e. The highest BCUT2D eigenvalue weighted by atomic mass is 35.5. The van der Waals surface area contributed by atoms with Crippen LogP contribution in [0.1, 0.15) is 5.56 Å². The van der Waals surface area contributed by atoms with Gasteiger partial charge in [-0.05, 0) is 0 Å². The Morgan fingerprint density at radius 1 is 0.750 bits per heavy atom. The van der Waals surface area contributed by atoms with E-state index in [1.165, 1.54) is 0 Å². The predicted molar refractivity (Wildman–Crippen MR) is 71.1 cm³/mol. The smallest absolute Gasteiger partial charge is 0.122 e. The van der Waals surface area contributed by atoms with Crippen LogP contribution in [0, 0.1) is 5.41 Å². The first kappa shape index (κ1) is 14.2. The second-order valence-electron chi connectivity index (χ2n) is 2.93. The van der Waals surface area contributed by atoms with Crippen LogP contribution in [-0.4, -0.2) is 5.84 Å². The van der Waals surface area contributed by atoms with Crippen LogP contribution in [0.25, 0.3) is 0 Å². The van der Waals surface area contributed by atoms with Gasteiger partial charge in [0.2, 0.25) is 0 Å². The van der Waals surface area contributed by atoms with E-state index in [9.17, 15) is 0 Å². The van der Waals surface area contributed by atoms with E-state index in [0.717, 1.165) is 5.56 Å². The zero-order valence-electron chi connectivity index (χ0n) is 8.84. The van der Waals surface area contributed by atoms with Gasteiger partial charge in [-0.15, -0.1) is 12.4 Å². The summed E-state index contributed by atoms with van der Waals surface area (Å²) in [5, 5.41) is 7.01. The maximum absolute atomic E-state index is 7.01. The van der Waals surface area contributed by atoms with E-state index in [1.807, 2.05) is 66.7 Å². The normalized spacial score (nSPS) is 8.00. The molecule has 0 fully saturated rings. The number of rotatable bonds is 1. The lowest BCUT2D eigenvalue weighted by Gasteiger charge is -1.93. The second kappa shape index (κ2) is 8.50. The topological polar surface area (TPSA) is 49.9 Å². The minimum absolute atomic E-state index is 0. The number of hydrogen-bond donors (Lipinski definition) is 2. The van der Waals surface area contributed by atoms with Gasteiger partial charge in [-0.25, -0.2) is 0 Å². The van der Waals surface area contributed by atoms with Crippen LogP contribution >= 0.6 is 12.4 Å². The van der Waals surface area contributed by atoms with Gasteiger partial charge >= 0.3 is 0 Å². The molecule has 0 saturated carbocycles. The molecule has 0 spiro atoms. The van der Waals surface area contributed by atoms with Gasteiger partial charge in [0.05, 0.1) is 0 Å². The first-order valence-electron chi connectivity index (χ1n) is 4.70. The van der Waals surface area contributed by atoms with Crippen LogP contribution in [0.5, 0.6) is 0 Å². The number of amidine groups is 1. The molecule has 0 aromatic heterocycles. The molecule has 2 aromatic carbocycles. The molecule has 0 bridgehead atoms. The van der Waals surface area contributed by atoms with Crippen LogP contribution in [0.4, 0.5) is 0 Å². The van der Waals surface area contributed by atoms with Crippen molar-refractivity contribution in [2.75, 3.05) is 0 Å². The molecule has 0 aliphatic rings. The molecule has 16 heavy (non-hydrogen) atoms. The summed E-state index contributed by atoms with van der Waals surface area (Å²) in [6.45, 7) is 0. The van der Waals surface area contributed by atoms with Gasteiger partial charge in [0.25, 0.3) is 0 Å². The first-order valence-corrected chi connectivity index (χ1v) is 4.70. The summed E-state index contributed by atoms with van der Waals surface area (Å²) in [4.78, 5) is 0. The standard InChI is InChI=1S/C7H8N2.C6H6.ClH/c8-7(9)6-4-2-1-3-5-6;1-2-4-6-5-3-1;/h1-5H,(H3,8,9);1-6H;1H. The minimum Gasteiger partial charge on any atom is -0.384 e. The summed E-state index contributed by atoms with van der Waals surface area (Å²) in [7, 11) is 0. The van der Waals surface area contributed by atoms with Crippen molar-refractivity contribution in [3.05, 3.63) is 72.3 Å². The molecule has 2 aromatic rings. The van der Waals surface area contributed by atoms with Crippen molar-refractivity contribution in [2.24, 2.45) is 5.73 Å². The Morgan fingerprint density at radius 3 is 1.31 bits per heavy atom. The summed E-state index contributed by atoms with van der Waals surface area (Å²) in [6.07, 6.45) is 0. The Bertz CT molecular complexity index is 360. The average Bonchev–Trinajstić information content (AvgIpc) is 2.33. The molecule has 0 atom stereocenters. The summed E-state index contributed by atoms with van der Waals surface area (Å²) in [6, 6.07) is 21.2. The Balaban J connectivity index is 0.000000283. The number of nitrogens with two attached hydrogens (primary N) is 1. The van der Waals surface area contributed by atoms with Crippen molar-refractivity contribution in [2.45, 2.75) is 0 Å². The van der Waals surface area contributed by atoms with Crippen molar-refractivity contribution in [1.29, 1.82) is 5.41 Å². The fourth-order valence-corrected chi connectivity index (χ4v) is 1.00. The highest BCUT2D eigenvalue weighted by molar-refractivity contribution is 5.94. The van der Waals surface area contributed by atoms with Gasteiger partial charge < -0.3 is 5.73 Å². The SMILES string of the molecule is Cl.N=C(N)c1ccccc1.c1ccccc1. The Hall–Kier alpha value is -1.80. The van der Waals surface area contributed by atoms with Gasteiger partial charge in [-0.1, -0.05) is 66.7 Å². The maximum Gasteiger partial charge on any atom is 0.122 e. The number of benzene rings is 2. The van der Waals surface area contributed by atoms with Gasteiger partial charge in [-0.3, -0.25) is 5.41 Å². The molecule has 0 unspecified atom stereocenters. The van der Waals surface area contributed by atoms with Crippen molar-refractivity contribution in [1.82, 2.24) is 0 Å². The molecule has 2 rings (SSSR count). The van der Waals surface area contributed by atoms with Crippen LogP contribution in [0.15, 0.2) is 66.7 Å². The molecule has 0 amide bonds. The third kappa shape index (κ3) is 5.83. The maximum atomic E-state index is 7.01. The lowest BCUT2D eigenvalue weighted by Crippen LogP contribution is -2.10. The average molecular weight is 235 g/mol. The lowest BCUT2D eigenvalue weighted by atomic mass is 10.2. The lowest BCUT2D eigenvalue weighted by molar-refractivity contribution is 1.42. The third-order valence-corrected chi connectivity index (χ3v) is 1.75. The fourth-order valence-electron chi connectivity index (χ4n) is 1.00. The summed E-state index contributed by atoms with van der Waals surface area (Å²) >= 11 is 0. The Kier molecular flexibility index (Phi) is 7.55. The van der Waals surface area contributed by atoms with Crippen molar-refractivity contribution < 1.29 is 0 Å². The Labute approximate surface area is 102 Å². The molecule has 0 aliphatic heterocycles. The van der Waals surface area contributed by atoms with E-state index in [2.05, 4.69) is 0 Å². The van der Waals surface area contributed by atoms with Crippen LogP contribution in [0.2, 0.25) is 0 Å². The predicted octanol–water partition coefficient (Wildman–Crippen LogP) is 3.08. The molecular weight excluding hydrogens is 220 g/mol. The van der Waals surface area contributed by atoms with Gasteiger partial charge in [0.1, 0.15) is 5.84 Å². The number of nitrogen functional groups attached to an aromatic ring is 1. The number of halogens is 1. The molecule has 3 N–H and O–H groups in total. The van der Waals surface area contributed by atoms with Gasteiger partial charge in [-0.2, -0.15) is 0 Å². The van der Waals surface area contributed by atoms with E-state index < -0.39 is 0 Å². The van der Waals surface area contributed by atoms with Crippen LogP contribution in [0.3, 0.4) is 0 Å². The second-order valence-corrected chi connectivity index (χ2v) is 2.93. The van der Waals surface area contributed by atoms with E-state index >= 15 is 0 Å². The van der Waals surface area contributed by atoms with E-state index in [4.69, 9.17) is 11.1 Å². The molecule has 0 aliphatic carbocycles.